The van der Waals surface area contributed by atoms with Crippen molar-refractivity contribution in [3.8, 4) is 0 Å². The normalized spacial score (nSPS) is 24.3. The lowest BCUT2D eigenvalue weighted by atomic mass is 9.80. The van der Waals surface area contributed by atoms with Crippen molar-refractivity contribution in [1.82, 2.24) is 0 Å². The lowest BCUT2D eigenvalue weighted by molar-refractivity contribution is 0.680. The Bertz CT molecular complexity index is 1190. The molecule has 0 saturated heterocycles. The van der Waals surface area contributed by atoms with Crippen LogP contribution in [0.5, 0.6) is 0 Å². The maximum absolute atomic E-state index is 5.28. The van der Waals surface area contributed by atoms with Gasteiger partial charge in [-0.3, -0.25) is 0 Å². The van der Waals surface area contributed by atoms with Gasteiger partial charge < -0.3 is 0 Å². The van der Waals surface area contributed by atoms with Gasteiger partial charge in [0.05, 0.1) is 22.8 Å². The molecule has 2 heteroatoms. The summed E-state index contributed by atoms with van der Waals surface area (Å²) in [5.74, 6) is 0.537. The highest BCUT2D eigenvalue weighted by Crippen LogP contribution is 2.45. The average Bonchev–Trinajstić information content (AvgIpc) is 3.02. The Morgan fingerprint density at radius 3 is 1.93 bits per heavy atom. The summed E-state index contributed by atoms with van der Waals surface area (Å²) < 4.78 is 0. The summed E-state index contributed by atoms with van der Waals surface area (Å²) in [6.45, 7) is 8.55. The largest absolute Gasteiger partial charge is 0.250 e. The molecule has 1 saturated carbocycles. The first-order valence-electron chi connectivity index (χ1n) is 10.6. The Morgan fingerprint density at radius 2 is 1.30 bits per heavy atom. The van der Waals surface area contributed by atoms with Crippen LogP contribution in [0.25, 0.3) is 0 Å². The molecular weight excluding hydrogens is 364 g/mol. The molecule has 2 aromatic rings. The third-order valence-corrected chi connectivity index (χ3v) is 6.39. The summed E-state index contributed by atoms with van der Waals surface area (Å²) in [6.07, 6.45) is 13.3. The van der Waals surface area contributed by atoms with Crippen molar-refractivity contribution in [2.45, 2.75) is 27.7 Å². The van der Waals surface area contributed by atoms with E-state index in [1.807, 2.05) is 0 Å². The van der Waals surface area contributed by atoms with E-state index < -0.39 is 0 Å². The lowest BCUT2D eigenvalue weighted by Gasteiger charge is -2.23. The van der Waals surface area contributed by atoms with Crippen LogP contribution >= 0.6 is 0 Å². The highest BCUT2D eigenvalue weighted by molar-refractivity contribution is 6.53. The molecule has 0 amide bonds. The number of aliphatic imine (C=N–C) groups is 2. The van der Waals surface area contributed by atoms with Crippen molar-refractivity contribution in [2.75, 3.05) is 0 Å². The highest BCUT2D eigenvalue weighted by Gasteiger charge is 2.43. The molecule has 2 unspecified atom stereocenters. The predicted octanol–water partition coefficient (Wildman–Crippen LogP) is 7.00. The Hall–Kier alpha value is -3.26. The number of para-hydroxylation sites is 2. The molecule has 2 nitrogen and oxygen atoms in total. The second-order valence-corrected chi connectivity index (χ2v) is 8.47. The van der Waals surface area contributed by atoms with Gasteiger partial charge in [0.25, 0.3) is 0 Å². The molecule has 30 heavy (non-hydrogen) atoms. The number of nitrogens with zero attached hydrogens (tertiary/aromatic N) is 2. The fourth-order valence-electron chi connectivity index (χ4n) is 4.83. The maximum atomic E-state index is 5.28. The van der Waals surface area contributed by atoms with Crippen LogP contribution in [0.2, 0.25) is 0 Å². The number of rotatable bonds is 2. The molecule has 3 aliphatic carbocycles. The molecule has 5 rings (SSSR count). The third kappa shape index (κ3) is 2.95. The molecule has 0 heterocycles. The predicted molar refractivity (Wildman–Crippen MR) is 127 cm³/mol. The number of hydrogen-bond donors (Lipinski definition) is 0. The molecule has 3 aliphatic rings. The van der Waals surface area contributed by atoms with Crippen LogP contribution in [-0.4, -0.2) is 11.4 Å². The van der Waals surface area contributed by atoms with E-state index in [-0.39, 0.29) is 5.92 Å². The minimum absolute atomic E-state index is 0.225. The van der Waals surface area contributed by atoms with Gasteiger partial charge in [-0.2, -0.15) is 0 Å². The number of hydrogen-bond acceptors (Lipinski definition) is 2. The van der Waals surface area contributed by atoms with Gasteiger partial charge in [0.2, 0.25) is 0 Å². The first-order valence-corrected chi connectivity index (χ1v) is 10.6. The van der Waals surface area contributed by atoms with Crippen molar-refractivity contribution in [1.29, 1.82) is 0 Å². The Balaban J connectivity index is 1.77. The van der Waals surface area contributed by atoms with Crippen LogP contribution < -0.4 is 0 Å². The van der Waals surface area contributed by atoms with E-state index in [4.69, 9.17) is 9.98 Å². The van der Waals surface area contributed by atoms with Crippen LogP contribution in [-0.2, 0) is 0 Å². The summed E-state index contributed by atoms with van der Waals surface area (Å²) in [5, 5.41) is 0. The van der Waals surface area contributed by atoms with Crippen LogP contribution in [0.15, 0.2) is 94.0 Å². The maximum Gasteiger partial charge on any atom is 0.0897 e. The van der Waals surface area contributed by atoms with Gasteiger partial charge >= 0.3 is 0 Å². The van der Waals surface area contributed by atoms with Gasteiger partial charge in [-0.15, -0.1) is 0 Å². The van der Waals surface area contributed by atoms with Crippen molar-refractivity contribution in [3.63, 3.8) is 0 Å². The van der Waals surface area contributed by atoms with Crippen molar-refractivity contribution in [2.24, 2.45) is 21.8 Å². The first-order chi connectivity index (χ1) is 14.5. The van der Waals surface area contributed by atoms with Crippen LogP contribution in [0.1, 0.15) is 22.3 Å². The minimum atomic E-state index is 0.225. The molecule has 0 spiro atoms. The van der Waals surface area contributed by atoms with E-state index in [1.54, 1.807) is 0 Å². The van der Waals surface area contributed by atoms with Crippen molar-refractivity contribution in [3.05, 3.63) is 106 Å². The zero-order valence-electron chi connectivity index (χ0n) is 18.0. The monoisotopic (exact) mass is 390 g/mol. The Morgan fingerprint density at radius 1 is 0.700 bits per heavy atom. The van der Waals surface area contributed by atoms with Gasteiger partial charge in [0.1, 0.15) is 0 Å². The minimum Gasteiger partial charge on any atom is -0.250 e. The summed E-state index contributed by atoms with van der Waals surface area (Å²) in [5.41, 5.74) is 11.7. The van der Waals surface area contributed by atoms with Gasteiger partial charge in [-0.05, 0) is 61.1 Å². The molecule has 0 radical (unpaired) electrons. The molecular formula is C28H26N2. The van der Waals surface area contributed by atoms with E-state index in [0.717, 1.165) is 22.8 Å². The lowest BCUT2D eigenvalue weighted by Crippen LogP contribution is -2.18. The molecule has 2 aromatic carbocycles. The topological polar surface area (TPSA) is 24.7 Å². The highest BCUT2D eigenvalue weighted by atomic mass is 14.9. The summed E-state index contributed by atoms with van der Waals surface area (Å²) in [4.78, 5) is 10.5. The quantitative estimate of drug-likeness (QED) is 0.527. The number of allylic oxidation sites excluding steroid dienone is 8. The fourth-order valence-corrected chi connectivity index (χ4v) is 4.83. The van der Waals surface area contributed by atoms with Crippen LogP contribution in [0.4, 0.5) is 11.4 Å². The van der Waals surface area contributed by atoms with Crippen LogP contribution in [0.3, 0.4) is 0 Å². The molecule has 0 aliphatic heterocycles. The van der Waals surface area contributed by atoms with E-state index in [9.17, 15) is 0 Å². The van der Waals surface area contributed by atoms with Gasteiger partial charge in [-0.1, -0.05) is 72.9 Å². The smallest absolute Gasteiger partial charge is 0.0897 e. The SMILES string of the molecule is Cc1cccc(C)c1N=C1C2=CC=CC3=CC=CC(C1=Nc1c(C)cccc1C)C32. The molecule has 0 bridgehead atoms. The summed E-state index contributed by atoms with van der Waals surface area (Å²) >= 11 is 0. The van der Waals surface area contributed by atoms with Crippen LogP contribution in [0, 0.1) is 39.5 Å². The fraction of sp³-hybridized carbons (Fsp3) is 0.214. The van der Waals surface area contributed by atoms with E-state index >= 15 is 0 Å². The molecule has 2 atom stereocenters. The average molecular weight is 391 g/mol. The second kappa shape index (κ2) is 7.21. The zero-order valence-corrected chi connectivity index (χ0v) is 18.0. The van der Waals surface area contributed by atoms with Gasteiger partial charge in [0.15, 0.2) is 0 Å². The molecule has 0 aromatic heterocycles. The first kappa shape index (κ1) is 18.7. The van der Waals surface area contributed by atoms with E-state index in [1.165, 1.54) is 33.4 Å². The van der Waals surface area contributed by atoms with E-state index in [2.05, 4.69) is 101 Å². The standard InChI is InChI=1S/C28H26N2/c1-17-9-5-10-18(2)25(17)29-27-22-15-7-13-21-14-8-16-23(24(21)22)28(27)30-26-19(3)11-6-12-20(26)4/h5-16,22,24H,1-4H3. The molecule has 1 fully saturated rings. The van der Waals surface area contributed by atoms with Crippen molar-refractivity contribution >= 4 is 22.8 Å². The van der Waals surface area contributed by atoms with E-state index in [0.29, 0.717) is 5.92 Å². The molecule has 0 N–H and O–H groups in total. The second-order valence-electron chi connectivity index (χ2n) is 8.47. The third-order valence-electron chi connectivity index (χ3n) is 6.39. The summed E-state index contributed by atoms with van der Waals surface area (Å²) in [7, 11) is 0. The zero-order chi connectivity index (χ0) is 20.8. The Labute approximate surface area is 178 Å². The van der Waals surface area contributed by atoms with Gasteiger partial charge in [-0.25, -0.2) is 9.98 Å². The number of benzene rings is 2. The molecule has 148 valence electrons. The van der Waals surface area contributed by atoms with Crippen molar-refractivity contribution < 1.29 is 0 Å². The summed E-state index contributed by atoms with van der Waals surface area (Å²) in [6, 6.07) is 12.7. The number of aryl methyl sites for hydroxylation is 4. The Kier molecular flexibility index (Phi) is 4.51. The van der Waals surface area contributed by atoms with Gasteiger partial charge in [0, 0.05) is 11.8 Å².